The second-order valence-corrected chi connectivity index (χ2v) is 13.5. The van der Waals surface area contributed by atoms with Crippen LogP contribution in [0.25, 0.3) is 0 Å². The number of halogens is 1. The summed E-state index contributed by atoms with van der Waals surface area (Å²) in [4.78, 5) is 29.0. The first kappa shape index (κ1) is 34.4. The molecule has 0 heterocycles. The number of carbonyl (C=O) groups excluding carboxylic acids is 2. The van der Waals surface area contributed by atoms with Gasteiger partial charge in [-0.05, 0) is 94.1 Å². The molecule has 0 saturated heterocycles. The zero-order valence-corrected chi connectivity index (χ0v) is 27.4. The number of anilines is 1. The lowest BCUT2D eigenvalue weighted by atomic mass is 10.1. The number of carbonyl (C=O) groups is 2. The highest BCUT2D eigenvalue weighted by molar-refractivity contribution is 7.92. The molecule has 11 heteroatoms. The molecular formula is C33H42FN3O6S. The molecular weight excluding hydrogens is 585 g/mol. The molecule has 0 radical (unpaired) electrons. The van der Waals surface area contributed by atoms with Crippen molar-refractivity contribution in [3.63, 3.8) is 0 Å². The summed E-state index contributed by atoms with van der Waals surface area (Å²) in [5, 5.41) is 2.93. The molecule has 238 valence electrons. The van der Waals surface area contributed by atoms with Gasteiger partial charge in [-0.15, -0.1) is 0 Å². The zero-order valence-electron chi connectivity index (χ0n) is 26.6. The molecule has 0 fully saturated rings. The third kappa shape index (κ3) is 8.49. The molecule has 3 aromatic carbocycles. The predicted octanol–water partition coefficient (Wildman–Crippen LogP) is 5.38. The number of ether oxygens (including phenoxy) is 2. The molecule has 44 heavy (non-hydrogen) atoms. The second kappa shape index (κ2) is 14.1. The SMILES string of the molecule is CCC(C(=O)NC(C)(C)C)N(Cc1ccc(F)cc1)C(=O)CN(c1cc(C)cc(C)c1)S(=O)(=O)c1ccc(OC)c(OC)c1. The van der Waals surface area contributed by atoms with Gasteiger partial charge in [-0.1, -0.05) is 25.1 Å². The normalized spacial score (nSPS) is 12.3. The topological polar surface area (TPSA) is 105 Å². The maximum absolute atomic E-state index is 14.3. The molecule has 9 nitrogen and oxygen atoms in total. The summed E-state index contributed by atoms with van der Waals surface area (Å²) in [6.07, 6.45) is 0.265. The number of aryl methyl sites for hydroxylation is 2. The first-order chi connectivity index (χ1) is 20.6. The summed E-state index contributed by atoms with van der Waals surface area (Å²) in [6.45, 7) is 10.3. The molecule has 0 aliphatic heterocycles. The number of hydrogen-bond donors (Lipinski definition) is 1. The number of nitrogens with one attached hydrogen (secondary N) is 1. The highest BCUT2D eigenvalue weighted by Crippen LogP contribution is 2.33. The fraction of sp³-hybridized carbons (Fsp3) is 0.394. The van der Waals surface area contributed by atoms with E-state index in [1.165, 1.54) is 61.6 Å². The quantitative estimate of drug-likeness (QED) is 0.289. The summed E-state index contributed by atoms with van der Waals surface area (Å²) in [6, 6.07) is 14.2. The standard InChI is InChI=1S/C33H42FN3O6S/c1-9-28(32(39)35-33(4,5)6)36(20-24-10-12-25(34)13-11-24)31(38)21-37(26-17-22(2)16-23(3)18-26)44(40,41)27-14-15-29(42-7)30(19-27)43-8/h10-19,28H,9,20-21H2,1-8H3,(H,35,39). The number of sulfonamides is 1. The predicted molar refractivity (Wildman–Crippen MR) is 169 cm³/mol. The van der Waals surface area contributed by atoms with Crippen molar-refractivity contribution < 1.29 is 31.9 Å². The number of nitrogens with zero attached hydrogens (tertiary/aromatic N) is 2. The van der Waals surface area contributed by atoms with Crippen molar-refractivity contribution in [2.24, 2.45) is 0 Å². The number of benzene rings is 3. The van der Waals surface area contributed by atoms with Gasteiger partial charge < -0.3 is 19.7 Å². The molecule has 0 aliphatic carbocycles. The van der Waals surface area contributed by atoms with Crippen molar-refractivity contribution in [1.82, 2.24) is 10.2 Å². The minimum atomic E-state index is -4.33. The summed E-state index contributed by atoms with van der Waals surface area (Å²) in [5.41, 5.74) is 1.91. The van der Waals surface area contributed by atoms with Crippen LogP contribution in [-0.4, -0.2) is 57.5 Å². The van der Waals surface area contributed by atoms with Crippen LogP contribution >= 0.6 is 0 Å². The van der Waals surface area contributed by atoms with E-state index in [4.69, 9.17) is 9.47 Å². The van der Waals surface area contributed by atoms with Crippen molar-refractivity contribution in [1.29, 1.82) is 0 Å². The molecule has 1 N–H and O–H groups in total. The van der Waals surface area contributed by atoms with E-state index in [-0.39, 0.29) is 29.5 Å². The lowest BCUT2D eigenvalue weighted by Crippen LogP contribution is -2.55. The van der Waals surface area contributed by atoms with Crippen LogP contribution in [0.1, 0.15) is 50.8 Å². The third-order valence-corrected chi connectivity index (χ3v) is 8.64. The summed E-state index contributed by atoms with van der Waals surface area (Å²) >= 11 is 0. The molecule has 0 aliphatic rings. The Morgan fingerprint density at radius 1 is 0.909 bits per heavy atom. The lowest BCUT2D eigenvalue weighted by Gasteiger charge is -2.35. The summed E-state index contributed by atoms with van der Waals surface area (Å²) < 4.78 is 53.9. The fourth-order valence-corrected chi connectivity index (χ4v) is 6.30. The Bertz CT molecular complexity index is 1570. The first-order valence-corrected chi connectivity index (χ1v) is 15.7. The fourth-order valence-electron chi connectivity index (χ4n) is 4.89. The molecule has 0 saturated carbocycles. The van der Waals surface area contributed by atoms with Crippen LogP contribution in [0.5, 0.6) is 11.5 Å². The Labute approximate surface area is 260 Å². The van der Waals surface area contributed by atoms with Crippen LogP contribution in [0.15, 0.2) is 65.6 Å². The Morgan fingerprint density at radius 3 is 2.02 bits per heavy atom. The molecule has 0 bridgehead atoms. The van der Waals surface area contributed by atoms with Gasteiger partial charge in [0.25, 0.3) is 10.0 Å². The van der Waals surface area contributed by atoms with Gasteiger partial charge in [0, 0.05) is 18.2 Å². The number of methoxy groups -OCH3 is 2. The average Bonchev–Trinajstić information content (AvgIpc) is 2.94. The molecule has 3 rings (SSSR count). The van der Waals surface area contributed by atoms with Crippen LogP contribution in [-0.2, 0) is 26.2 Å². The van der Waals surface area contributed by atoms with Crippen molar-refractivity contribution in [3.8, 4) is 11.5 Å². The summed E-state index contributed by atoms with van der Waals surface area (Å²) in [7, 11) is -1.48. The second-order valence-electron chi connectivity index (χ2n) is 11.7. The van der Waals surface area contributed by atoms with E-state index >= 15 is 0 Å². The molecule has 1 unspecified atom stereocenters. The smallest absolute Gasteiger partial charge is 0.264 e. The van der Waals surface area contributed by atoms with E-state index in [1.807, 2.05) is 40.7 Å². The minimum absolute atomic E-state index is 0.0354. The Hall–Kier alpha value is -4.12. The van der Waals surface area contributed by atoms with Gasteiger partial charge in [0.15, 0.2) is 11.5 Å². The third-order valence-electron chi connectivity index (χ3n) is 6.87. The maximum Gasteiger partial charge on any atom is 0.264 e. The van der Waals surface area contributed by atoms with Gasteiger partial charge in [-0.3, -0.25) is 13.9 Å². The van der Waals surface area contributed by atoms with Crippen molar-refractivity contribution >= 4 is 27.5 Å². The van der Waals surface area contributed by atoms with Crippen LogP contribution in [0.2, 0.25) is 0 Å². The molecule has 2 amide bonds. The largest absolute Gasteiger partial charge is 0.493 e. The van der Waals surface area contributed by atoms with Gasteiger partial charge in [0.1, 0.15) is 18.4 Å². The Morgan fingerprint density at radius 2 is 1.50 bits per heavy atom. The first-order valence-electron chi connectivity index (χ1n) is 14.3. The highest BCUT2D eigenvalue weighted by atomic mass is 32.2. The van der Waals surface area contributed by atoms with Crippen LogP contribution in [0.3, 0.4) is 0 Å². The van der Waals surface area contributed by atoms with E-state index in [0.29, 0.717) is 17.0 Å². The van der Waals surface area contributed by atoms with E-state index in [9.17, 15) is 22.4 Å². The minimum Gasteiger partial charge on any atom is -0.493 e. The average molecular weight is 628 g/mol. The van der Waals surface area contributed by atoms with Gasteiger partial charge in [-0.25, -0.2) is 12.8 Å². The Kier molecular flexibility index (Phi) is 11.0. The monoisotopic (exact) mass is 627 g/mol. The van der Waals surface area contributed by atoms with Crippen LogP contribution in [0.4, 0.5) is 10.1 Å². The maximum atomic E-state index is 14.3. The van der Waals surface area contributed by atoms with Gasteiger partial charge in [0.05, 0.1) is 24.8 Å². The lowest BCUT2D eigenvalue weighted by molar-refractivity contribution is -0.141. The number of rotatable bonds is 12. The van der Waals surface area contributed by atoms with Gasteiger partial charge in [-0.2, -0.15) is 0 Å². The summed E-state index contributed by atoms with van der Waals surface area (Å²) in [5.74, 6) is -0.861. The Balaban J connectivity index is 2.14. The van der Waals surface area contributed by atoms with Crippen LogP contribution < -0.4 is 19.1 Å². The molecule has 0 spiro atoms. The number of hydrogen-bond acceptors (Lipinski definition) is 6. The van der Waals surface area contributed by atoms with Crippen molar-refractivity contribution in [2.75, 3.05) is 25.1 Å². The molecule has 3 aromatic rings. The van der Waals surface area contributed by atoms with E-state index in [2.05, 4.69) is 5.32 Å². The van der Waals surface area contributed by atoms with Crippen molar-refractivity contribution in [3.05, 3.63) is 83.2 Å². The van der Waals surface area contributed by atoms with E-state index < -0.39 is 39.9 Å². The van der Waals surface area contributed by atoms with Gasteiger partial charge >= 0.3 is 0 Å². The zero-order chi connectivity index (χ0) is 32.8. The van der Waals surface area contributed by atoms with E-state index in [1.54, 1.807) is 19.1 Å². The van der Waals surface area contributed by atoms with E-state index in [0.717, 1.165) is 15.4 Å². The molecule has 1 atom stereocenters. The van der Waals surface area contributed by atoms with Gasteiger partial charge in [0.2, 0.25) is 11.8 Å². The van der Waals surface area contributed by atoms with Crippen LogP contribution in [0, 0.1) is 19.7 Å². The van der Waals surface area contributed by atoms with Crippen molar-refractivity contribution in [2.45, 2.75) is 71.0 Å². The highest BCUT2D eigenvalue weighted by Gasteiger charge is 2.35. The molecule has 0 aromatic heterocycles. The number of amides is 2.